The molecule has 1 unspecified atom stereocenters. The predicted molar refractivity (Wildman–Crippen MR) is 163 cm³/mol. The molecular weight excluding hydrogens is 603 g/mol. The van der Waals surface area contributed by atoms with E-state index in [0.717, 1.165) is 16.7 Å². The molecule has 0 radical (unpaired) electrons. The molecule has 1 amide bonds. The third-order valence-electron chi connectivity index (χ3n) is 6.22. The van der Waals surface area contributed by atoms with Crippen molar-refractivity contribution < 1.29 is 47.4 Å². The van der Waals surface area contributed by atoms with Crippen LogP contribution in [0, 0.1) is 11.3 Å². The highest BCUT2D eigenvalue weighted by Crippen LogP contribution is 2.49. The standard InChI is InChI=1S/C32H39N2O10P/c33-17-10-19-42-45(38,43-20-18-34-32(37)41-24-28-15-8-3-9-16-28)44-25-30(39-22-26-11-4-1-5-12-26)31(29(36)21-35)40-23-27-13-6-2-7-14-27/h1-9,11-16,29-31,35-36H,10,18-25H2,(H,34,37)/t29-,30+,31-,45?/m1/s1. The molecule has 0 aliphatic heterocycles. The molecule has 0 heterocycles. The maximum Gasteiger partial charge on any atom is 0.474 e. The number of hydrogen-bond donors (Lipinski definition) is 3. The maximum atomic E-state index is 13.5. The van der Waals surface area contributed by atoms with E-state index in [1.807, 2.05) is 97.1 Å². The summed E-state index contributed by atoms with van der Waals surface area (Å²) < 4.78 is 47.1. The summed E-state index contributed by atoms with van der Waals surface area (Å²) >= 11 is 0. The Bertz CT molecular complexity index is 1330. The van der Waals surface area contributed by atoms with E-state index >= 15 is 0 Å². The molecule has 12 nitrogen and oxygen atoms in total. The van der Waals surface area contributed by atoms with Gasteiger partial charge in [0.05, 0.1) is 52.1 Å². The molecule has 0 spiro atoms. The Morgan fingerprint density at radius 3 is 1.89 bits per heavy atom. The number of carbonyl (C=O) groups is 1. The Labute approximate surface area is 263 Å². The first-order valence-corrected chi connectivity index (χ1v) is 15.8. The lowest BCUT2D eigenvalue weighted by molar-refractivity contribution is -0.151. The van der Waals surface area contributed by atoms with Gasteiger partial charge in [0.2, 0.25) is 0 Å². The Kier molecular flexibility index (Phi) is 16.3. The van der Waals surface area contributed by atoms with Crippen molar-refractivity contribution in [2.24, 2.45) is 0 Å². The van der Waals surface area contributed by atoms with Crippen LogP contribution in [0.1, 0.15) is 23.1 Å². The molecule has 0 aliphatic carbocycles. The summed E-state index contributed by atoms with van der Waals surface area (Å²) in [6.45, 7) is -1.41. The number of phosphoric acid groups is 1. The summed E-state index contributed by atoms with van der Waals surface area (Å²) in [6.07, 6.45) is -4.30. The van der Waals surface area contributed by atoms with E-state index in [2.05, 4.69) is 5.32 Å². The second-order valence-corrected chi connectivity index (χ2v) is 11.3. The van der Waals surface area contributed by atoms with E-state index in [4.69, 9.17) is 33.0 Å². The molecule has 0 aliphatic rings. The van der Waals surface area contributed by atoms with E-state index in [1.54, 1.807) is 0 Å². The SMILES string of the molecule is N#CCCOP(=O)(OCCNC(=O)OCc1ccccc1)OC[C@H](OCc1ccccc1)[C@H](OCc1ccccc1)[C@H](O)CO. The third-order valence-corrected chi connectivity index (χ3v) is 7.68. The van der Waals surface area contributed by atoms with Gasteiger partial charge in [-0.05, 0) is 16.7 Å². The number of phosphoric ester groups is 1. The minimum absolute atomic E-state index is 0.0734. The van der Waals surface area contributed by atoms with E-state index < -0.39 is 45.4 Å². The van der Waals surface area contributed by atoms with Gasteiger partial charge in [-0.1, -0.05) is 91.0 Å². The van der Waals surface area contributed by atoms with Crippen molar-refractivity contribution in [2.75, 3.05) is 33.0 Å². The smallest absolute Gasteiger partial charge is 0.445 e. The Hall–Kier alpha value is -3.63. The van der Waals surface area contributed by atoms with E-state index in [0.29, 0.717) is 0 Å². The normalized spacial score (nSPS) is 14.4. The molecule has 3 N–H and O–H groups in total. The average Bonchev–Trinajstić information content (AvgIpc) is 3.08. The van der Waals surface area contributed by atoms with Gasteiger partial charge in [0.25, 0.3) is 0 Å². The fourth-order valence-electron chi connectivity index (χ4n) is 3.92. The lowest BCUT2D eigenvalue weighted by Gasteiger charge is -2.31. The van der Waals surface area contributed by atoms with Crippen LogP contribution < -0.4 is 5.32 Å². The van der Waals surface area contributed by atoms with Crippen molar-refractivity contribution in [1.82, 2.24) is 5.32 Å². The molecule has 0 aromatic heterocycles. The quantitative estimate of drug-likeness (QED) is 0.111. The van der Waals surface area contributed by atoms with Crippen LogP contribution in [-0.4, -0.2) is 67.6 Å². The number of benzene rings is 3. The van der Waals surface area contributed by atoms with Crippen LogP contribution in [0.25, 0.3) is 0 Å². The second-order valence-electron chi connectivity index (χ2n) is 9.65. The molecule has 4 atom stereocenters. The van der Waals surface area contributed by atoms with Crippen molar-refractivity contribution in [3.8, 4) is 6.07 Å². The summed E-state index contributed by atoms with van der Waals surface area (Å²) in [6, 6.07) is 29.5. The topological polar surface area (TPSA) is 166 Å². The molecule has 3 aromatic carbocycles. The van der Waals surface area contributed by atoms with Crippen LogP contribution >= 0.6 is 7.82 Å². The minimum atomic E-state index is -4.30. The van der Waals surface area contributed by atoms with Crippen molar-refractivity contribution in [3.63, 3.8) is 0 Å². The van der Waals surface area contributed by atoms with Crippen molar-refractivity contribution in [2.45, 2.75) is 44.6 Å². The molecule has 0 bridgehead atoms. The van der Waals surface area contributed by atoms with E-state index in [-0.39, 0.29) is 46.0 Å². The molecule has 0 saturated heterocycles. The van der Waals surface area contributed by atoms with Crippen LogP contribution in [0.4, 0.5) is 4.79 Å². The zero-order chi connectivity index (χ0) is 32.2. The van der Waals surface area contributed by atoms with E-state index in [9.17, 15) is 19.6 Å². The number of aliphatic hydroxyl groups is 2. The van der Waals surface area contributed by atoms with Gasteiger partial charge in [-0.15, -0.1) is 0 Å². The summed E-state index contributed by atoms with van der Waals surface area (Å²) in [5, 5.41) is 31.9. The summed E-state index contributed by atoms with van der Waals surface area (Å²) in [4.78, 5) is 12.1. The van der Waals surface area contributed by atoms with Gasteiger partial charge in [0, 0.05) is 6.54 Å². The summed E-state index contributed by atoms with van der Waals surface area (Å²) in [5.41, 5.74) is 2.45. The number of amides is 1. The summed E-state index contributed by atoms with van der Waals surface area (Å²) in [5.74, 6) is 0. The molecule has 3 aromatic rings. The Morgan fingerprint density at radius 2 is 1.33 bits per heavy atom. The maximum absolute atomic E-state index is 13.5. The van der Waals surface area contributed by atoms with Gasteiger partial charge in [0.1, 0.15) is 24.9 Å². The molecule has 45 heavy (non-hydrogen) atoms. The largest absolute Gasteiger partial charge is 0.474 e. The lowest BCUT2D eigenvalue weighted by atomic mass is 10.1. The first-order chi connectivity index (χ1) is 21.9. The van der Waals surface area contributed by atoms with Crippen molar-refractivity contribution in [3.05, 3.63) is 108 Å². The van der Waals surface area contributed by atoms with Crippen LogP contribution in [0.15, 0.2) is 91.0 Å². The highest BCUT2D eigenvalue weighted by atomic mass is 31.2. The van der Waals surface area contributed by atoms with Gasteiger partial charge in [-0.25, -0.2) is 9.36 Å². The zero-order valence-electron chi connectivity index (χ0n) is 24.8. The van der Waals surface area contributed by atoms with Gasteiger partial charge < -0.3 is 29.7 Å². The van der Waals surface area contributed by atoms with Crippen LogP contribution in [0.3, 0.4) is 0 Å². The fourth-order valence-corrected chi connectivity index (χ4v) is 5.10. The number of carbonyl (C=O) groups excluding carboxylic acids is 1. The second kappa shape index (κ2) is 20.4. The number of ether oxygens (including phenoxy) is 3. The number of nitrogens with one attached hydrogen (secondary N) is 1. The summed E-state index contributed by atoms with van der Waals surface area (Å²) in [7, 11) is -4.30. The van der Waals surface area contributed by atoms with Gasteiger partial charge >= 0.3 is 13.9 Å². The number of hydrogen-bond acceptors (Lipinski definition) is 11. The molecule has 0 saturated carbocycles. The molecule has 3 rings (SSSR count). The van der Waals surface area contributed by atoms with Gasteiger partial charge in [0.15, 0.2) is 0 Å². The Balaban J connectivity index is 1.64. The van der Waals surface area contributed by atoms with Gasteiger partial charge in [-0.2, -0.15) is 5.26 Å². The minimum Gasteiger partial charge on any atom is -0.445 e. The van der Waals surface area contributed by atoms with Crippen LogP contribution in [0.5, 0.6) is 0 Å². The highest BCUT2D eigenvalue weighted by molar-refractivity contribution is 7.48. The zero-order valence-corrected chi connectivity index (χ0v) is 25.7. The van der Waals surface area contributed by atoms with Gasteiger partial charge in [-0.3, -0.25) is 13.6 Å². The molecule has 242 valence electrons. The Morgan fingerprint density at radius 1 is 0.800 bits per heavy atom. The number of nitriles is 1. The highest BCUT2D eigenvalue weighted by Gasteiger charge is 2.35. The fraction of sp³-hybridized carbons (Fsp3) is 0.375. The molecule has 13 heteroatoms. The lowest BCUT2D eigenvalue weighted by Crippen LogP contribution is -2.45. The van der Waals surface area contributed by atoms with Crippen LogP contribution in [-0.2, 0) is 52.2 Å². The first kappa shape index (κ1) is 35.8. The van der Waals surface area contributed by atoms with E-state index in [1.165, 1.54) is 0 Å². The predicted octanol–water partition coefficient (Wildman–Crippen LogP) is 4.51. The number of alkyl carbamates (subject to hydrolysis) is 1. The van der Waals surface area contributed by atoms with Crippen molar-refractivity contribution >= 4 is 13.9 Å². The number of rotatable bonds is 21. The average molecular weight is 643 g/mol. The first-order valence-electron chi connectivity index (χ1n) is 14.4. The molecule has 0 fully saturated rings. The van der Waals surface area contributed by atoms with Crippen LogP contribution in [0.2, 0.25) is 0 Å². The molecular formula is C32H39N2O10P. The monoisotopic (exact) mass is 642 g/mol. The number of nitrogens with zero attached hydrogens (tertiary/aromatic N) is 1. The number of aliphatic hydroxyl groups excluding tert-OH is 2. The third kappa shape index (κ3) is 13.9. The van der Waals surface area contributed by atoms with Crippen molar-refractivity contribution in [1.29, 1.82) is 5.26 Å².